The van der Waals surface area contributed by atoms with E-state index in [1.807, 2.05) is 0 Å². The largest absolute Gasteiger partial charge is 0.508 e. The van der Waals surface area contributed by atoms with Crippen LogP contribution in [0.15, 0.2) is 45.6 Å². The minimum atomic E-state index is -1.69. The summed E-state index contributed by atoms with van der Waals surface area (Å²) in [6.07, 6.45) is -7.59. The molecule has 32 heavy (non-hydrogen) atoms. The highest BCUT2D eigenvalue weighted by Gasteiger charge is 2.46. The molecule has 1 fully saturated rings. The molecular formula is C22H22O10. The molecule has 1 aliphatic heterocycles. The lowest BCUT2D eigenvalue weighted by molar-refractivity contribution is -0.232. The molecule has 2 aromatic carbocycles. The summed E-state index contributed by atoms with van der Waals surface area (Å²) in [6, 6.07) is 8.34. The highest BCUT2D eigenvalue weighted by molar-refractivity contribution is 5.88. The summed E-state index contributed by atoms with van der Waals surface area (Å²) in [4.78, 5) is 13.0. The number of rotatable bonds is 4. The third kappa shape index (κ3) is 3.57. The summed E-state index contributed by atoms with van der Waals surface area (Å²) >= 11 is 0. The molecule has 4 rings (SSSR count). The van der Waals surface area contributed by atoms with Crippen molar-refractivity contribution in [2.24, 2.45) is 0 Å². The maximum Gasteiger partial charge on any atom is 0.197 e. The average molecular weight is 446 g/mol. The Balaban J connectivity index is 1.89. The van der Waals surface area contributed by atoms with Crippen molar-refractivity contribution < 1.29 is 44.5 Å². The minimum Gasteiger partial charge on any atom is -0.508 e. The van der Waals surface area contributed by atoms with Gasteiger partial charge in [-0.15, -0.1) is 0 Å². The molecule has 2 heterocycles. The van der Waals surface area contributed by atoms with Gasteiger partial charge in [0, 0.05) is 17.7 Å². The third-order valence-electron chi connectivity index (χ3n) is 5.52. The highest BCUT2D eigenvalue weighted by atomic mass is 16.5. The molecule has 0 saturated carbocycles. The van der Waals surface area contributed by atoms with Gasteiger partial charge >= 0.3 is 0 Å². The first kappa shape index (κ1) is 22.1. The van der Waals surface area contributed by atoms with Crippen LogP contribution in [0.5, 0.6) is 17.2 Å². The van der Waals surface area contributed by atoms with E-state index in [1.165, 1.54) is 25.3 Å². The van der Waals surface area contributed by atoms with Crippen LogP contribution in [0.4, 0.5) is 0 Å². The minimum absolute atomic E-state index is 0.0109. The van der Waals surface area contributed by atoms with Crippen LogP contribution in [0, 0.1) is 0 Å². The van der Waals surface area contributed by atoms with E-state index in [9.17, 15) is 35.4 Å². The van der Waals surface area contributed by atoms with E-state index in [1.54, 1.807) is 12.1 Å². The zero-order chi connectivity index (χ0) is 23.2. The number of benzene rings is 2. The van der Waals surface area contributed by atoms with Gasteiger partial charge in [-0.1, -0.05) is 0 Å². The number of aromatic hydroxyl groups is 2. The zero-order valence-electron chi connectivity index (χ0n) is 16.9. The number of aliphatic hydroxyl groups is 4. The van der Waals surface area contributed by atoms with Crippen LogP contribution >= 0.6 is 0 Å². The van der Waals surface area contributed by atoms with Crippen molar-refractivity contribution in [2.75, 3.05) is 13.7 Å². The molecule has 1 aliphatic rings. The second kappa shape index (κ2) is 8.41. The molecule has 170 valence electrons. The Bertz CT molecular complexity index is 1180. The van der Waals surface area contributed by atoms with Crippen molar-refractivity contribution in [1.82, 2.24) is 0 Å². The van der Waals surface area contributed by atoms with Crippen LogP contribution in [0.1, 0.15) is 11.7 Å². The van der Waals surface area contributed by atoms with E-state index >= 15 is 0 Å². The predicted octanol–water partition coefficient (Wildman–Crippen LogP) is 0.395. The van der Waals surface area contributed by atoms with E-state index in [0.717, 1.165) is 6.07 Å². The number of aliphatic hydroxyl groups excluding tert-OH is 4. The van der Waals surface area contributed by atoms with Gasteiger partial charge in [0.25, 0.3) is 0 Å². The lowest BCUT2D eigenvalue weighted by Crippen LogP contribution is -2.55. The number of phenols is 2. The normalized spacial score (nSPS) is 25.7. The second-order valence-corrected chi connectivity index (χ2v) is 7.49. The Morgan fingerprint density at radius 3 is 2.31 bits per heavy atom. The number of ether oxygens (including phenoxy) is 2. The lowest BCUT2D eigenvalue weighted by Gasteiger charge is -2.40. The number of phenolic OH excluding ortho intramolecular Hbond substituents is 2. The van der Waals surface area contributed by atoms with Crippen LogP contribution in [0.3, 0.4) is 0 Å². The summed E-state index contributed by atoms with van der Waals surface area (Å²) in [7, 11) is 1.25. The molecular weight excluding hydrogens is 424 g/mol. The van der Waals surface area contributed by atoms with E-state index in [2.05, 4.69) is 0 Å². The maximum absolute atomic E-state index is 13.0. The van der Waals surface area contributed by atoms with Gasteiger partial charge in [-0.3, -0.25) is 4.79 Å². The Morgan fingerprint density at radius 2 is 1.69 bits per heavy atom. The van der Waals surface area contributed by atoms with Gasteiger partial charge in [0.15, 0.2) is 5.43 Å². The monoisotopic (exact) mass is 446 g/mol. The molecule has 3 aromatic rings. The Morgan fingerprint density at radius 1 is 1.00 bits per heavy atom. The standard InChI is InChI=1S/C22H22O10/c1-30-21-16-11(25)6-13(9-2-4-10(24)5-3-9)31-14(16)7-12(26)17(21)22-20(29)19(28)18(27)15(8-23)32-22/h2-7,15,18-20,22-24,26-29H,8H2,1H3. The van der Waals surface area contributed by atoms with Gasteiger partial charge in [0.1, 0.15) is 64.5 Å². The van der Waals surface area contributed by atoms with Gasteiger partial charge in [0.2, 0.25) is 0 Å². The smallest absolute Gasteiger partial charge is 0.197 e. The molecule has 10 nitrogen and oxygen atoms in total. The van der Waals surface area contributed by atoms with Gasteiger partial charge in [-0.25, -0.2) is 0 Å². The second-order valence-electron chi connectivity index (χ2n) is 7.49. The molecule has 1 saturated heterocycles. The van der Waals surface area contributed by atoms with Crippen LogP contribution in [-0.2, 0) is 4.74 Å². The molecule has 0 amide bonds. The fourth-order valence-electron chi connectivity index (χ4n) is 3.89. The fraction of sp³-hybridized carbons (Fsp3) is 0.318. The molecule has 10 heteroatoms. The molecule has 0 aliphatic carbocycles. The predicted molar refractivity (Wildman–Crippen MR) is 111 cm³/mol. The van der Waals surface area contributed by atoms with Crippen LogP contribution in [0.25, 0.3) is 22.3 Å². The van der Waals surface area contributed by atoms with Crippen LogP contribution < -0.4 is 10.2 Å². The lowest BCUT2D eigenvalue weighted by atomic mass is 9.89. The summed E-state index contributed by atoms with van der Waals surface area (Å²) < 4.78 is 16.7. The first-order chi connectivity index (χ1) is 15.3. The van der Waals surface area contributed by atoms with E-state index in [0.29, 0.717) is 5.56 Å². The molecule has 0 spiro atoms. The molecule has 5 atom stereocenters. The topological polar surface area (TPSA) is 170 Å². The molecule has 6 N–H and O–H groups in total. The molecule has 5 unspecified atom stereocenters. The first-order valence-corrected chi connectivity index (χ1v) is 9.74. The Kier molecular flexibility index (Phi) is 5.80. The van der Waals surface area contributed by atoms with Gasteiger partial charge in [0.05, 0.1) is 19.3 Å². The average Bonchev–Trinajstić information content (AvgIpc) is 2.77. The summed E-state index contributed by atoms with van der Waals surface area (Å²) in [5.41, 5.74) is -0.153. The maximum atomic E-state index is 13.0. The Labute approximate surface area is 181 Å². The van der Waals surface area contributed by atoms with Crippen LogP contribution in [-0.4, -0.2) is 68.8 Å². The van der Waals surface area contributed by atoms with Gasteiger partial charge in [-0.2, -0.15) is 0 Å². The highest BCUT2D eigenvalue weighted by Crippen LogP contribution is 2.45. The third-order valence-corrected chi connectivity index (χ3v) is 5.52. The van der Waals surface area contributed by atoms with Crippen molar-refractivity contribution >= 4 is 11.0 Å². The first-order valence-electron chi connectivity index (χ1n) is 9.74. The van der Waals surface area contributed by atoms with Crippen molar-refractivity contribution in [3.05, 3.63) is 52.2 Å². The van der Waals surface area contributed by atoms with E-state index in [4.69, 9.17) is 13.9 Å². The molecule has 0 radical (unpaired) electrons. The summed E-state index contributed by atoms with van der Waals surface area (Å²) in [5, 5.41) is 60.2. The number of hydrogen-bond acceptors (Lipinski definition) is 10. The van der Waals surface area contributed by atoms with E-state index in [-0.39, 0.29) is 33.8 Å². The molecule has 1 aromatic heterocycles. The number of methoxy groups -OCH3 is 1. The number of fused-ring (bicyclic) bond motifs is 1. The quantitative estimate of drug-likeness (QED) is 0.330. The van der Waals surface area contributed by atoms with Crippen molar-refractivity contribution in [2.45, 2.75) is 30.5 Å². The fourth-order valence-corrected chi connectivity index (χ4v) is 3.89. The van der Waals surface area contributed by atoms with Crippen molar-refractivity contribution in [3.63, 3.8) is 0 Å². The summed E-state index contributed by atoms with van der Waals surface area (Å²) in [5.74, 6) is -0.370. The Hall–Kier alpha value is -3.15. The SMILES string of the molecule is COc1c(C2OC(CO)C(O)C(O)C2O)c(O)cc2oc(-c3ccc(O)cc3)cc(=O)c12. The van der Waals surface area contributed by atoms with E-state index < -0.39 is 48.3 Å². The van der Waals surface area contributed by atoms with Crippen LogP contribution in [0.2, 0.25) is 0 Å². The number of hydrogen-bond donors (Lipinski definition) is 6. The van der Waals surface area contributed by atoms with Gasteiger partial charge < -0.3 is 44.5 Å². The van der Waals surface area contributed by atoms with Gasteiger partial charge in [-0.05, 0) is 24.3 Å². The summed E-state index contributed by atoms with van der Waals surface area (Å²) in [6.45, 7) is -0.657. The molecule has 0 bridgehead atoms. The van der Waals surface area contributed by atoms with Crippen molar-refractivity contribution in [1.29, 1.82) is 0 Å². The van der Waals surface area contributed by atoms with Crippen molar-refractivity contribution in [3.8, 4) is 28.6 Å². The zero-order valence-corrected chi connectivity index (χ0v) is 16.9.